The predicted molar refractivity (Wildman–Crippen MR) is 73.9 cm³/mol. The number of nitro benzene ring substituents is 1. The number of primary sulfonamides is 1. The molecule has 1 heterocycles. The summed E-state index contributed by atoms with van der Waals surface area (Å²) in [6.45, 7) is 0.236. The molecule has 1 aliphatic heterocycles. The third-order valence-corrected chi connectivity index (χ3v) is 4.49. The van der Waals surface area contributed by atoms with Gasteiger partial charge in [-0.3, -0.25) is 10.1 Å². The normalized spacial score (nSPS) is 18.0. The SMILES string of the molecule is COc1c(S(N)(=O)=O)ccc(C2(F)CCOCC2)c1[N+](=O)[O-]. The van der Waals surface area contributed by atoms with Crippen molar-refractivity contribution >= 4 is 15.7 Å². The van der Waals surface area contributed by atoms with Crippen LogP contribution in [0.1, 0.15) is 18.4 Å². The second kappa shape index (κ2) is 5.78. The van der Waals surface area contributed by atoms with Crippen molar-refractivity contribution in [3.8, 4) is 5.75 Å². The first-order valence-corrected chi connectivity index (χ1v) is 7.90. The first-order chi connectivity index (χ1) is 10.2. The van der Waals surface area contributed by atoms with Crippen LogP contribution in [0, 0.1) is 10.1 Å². The van der Waals surface area contributed by atoms with Crippen molar-refractivity contribution in [1.82, 2.24) is 0 Å². The van der Waals surface area contributed by atoms with Crippen LogP contribution in [0.5, 0.6) is 5.75 Å². The molecule has 0 radical (unpaired) electrons. The zero-order chi connectivity index (χ0) is 16.5. The fourth-order valence-electron chi connectivity index (χ4n) is 2.48. The number of rotatable bonds is 4. The number of nitrogens with two attached hydrogens (primary N) is 1. The molecule has 1 aromatic rings. The number of alkyl halides is 1. The predicted octanol–water partition coefficient (Wildman–Crippen LogP) is 1.23. The highest BCUT2D eigenvalue weighted by Gasteiger charge is 2.42. The molecule has 10 heteroatoms. The molecule has 2 N–H and O–H groups in total. The van der Waals surface area contributed by atoms with Crippen LogP contribution in [-0.2, 0) is 20.4 Å². The fourth-order valence-corrected chi connectivity index (χ4v) is 3.18. The van der Waals surface area contributed by atoms with Crippen LogP contribution in [-0.4, -0.2) is 33.7 Å². The molecule has 0 unspecified atom stereocenters. The van der Waals surface area contributed by atoms with Crippen molar-refractivity contribution in [3.05, 3.63) is 27.8 Å². The van der Waals surface area contributed by atoms with Crippen LogP contribution in [0.4, 0.5) is 10.1 Å². The van der Waals surface area contributed by atoms with E-state index in [0.29, 0.717) is 0 Å². The van der Waals surface area contributed by atoms with Gasteiger partial charge in [0.1, 0.15) is 10.6 Å². The summed E-state index contributed by atoms with van der Waals surface area (Å²) >= 11 is 0. The van der Waals surface area contributed by atoms with Gasteiger partial charge in [-0.05, 0) is 12.1 Å². The molecule has 1 fully saturated rings. The summed E-state index contributed by atoms with van der Waals surface area (Å²) in [4.78, 5) is 9.94. The summed E-state index contributed by atoms with van der Waals surface area (Å²) in [5.41, 5.74) is -2.94. The summed E-state index contributed by atoms with van der Waals surface area (Å²) < 4.78 is 48.0. The monoisotopic (exact) mass is 334 g/mol. The summed E-state index contributed by atoms with van der Waals surface area (Å²) in [6.07, 6.45) is -0.128. The maximum Gasteiger partial charge on any atom is 0.318 e. The molecule has 1 aliphatic rings. The Morgan fingerprint density at radius 3 is 2.45 bits per heavy atom. The maximum absolute atomic E-state index is 15.0. The largest absolute Gasteiger partial charge is 0.489 e. The summed E-state index contributed by atoms with van der Waals surface area (Å²) in [7, 11) is -3.18. The highest BCUT2D eigenvalue weighted by atomic mass is 32.2. The van der Waals surface area contributed by atoms with Crippen molar-refractivity contribution in [2.75, 3.05) is 20.3 Å². The van der Waals surface area contributed by atoms with E-state index >= 15 is 4.39 Å². The highest BCUT2D eigenvalue weighted by Crippen LogP contribution is 2.46. The van der Waals surface area contributed by atoms with Gasteiger partial charge in [0.25, 0.3) is 0 Å². The molecule has 0 atom stereocenters. The number of halogens is 1. The number of nitrogens with zero attached hydrogens (tertiary/aromatic N) is 1. The topological polar surface area (TPSA) is 122 Å². The van der Waals surface area contributed by atoms with Crippen LogP contribution in [0.25, 0.3) is 0 Å². The van der Waals surface area contributed by atoms with Crippen LogP contribution in [0.3, 0.4) is 0 Å². The first-order valence-electron chi connectivity index (χ1n) is 6.36. The number of sulfonamides is 1. The van der Waals surface area contributed by atoms with E-state index in [1.807, 2.05) is 0 Å². The molecule has 1 saturated heterocycles. The second-order valence-corrected chi connectivity index (χ2v) is 6.40. The third kappa shape index (κ3) is 2.89. The Kier molecular flexibility index (Phi) is 4.36. The molecule has 2 rings (SSSR count). The van der Waals surface area contributed by atoms with Crippen LogP contribution >= 0.6 is 0 Å². The van der Waals surface area contributed by atoms with E-state index in [9.17, 15) is 18.5 Å². The van der Waals surface area contributed by atoms with Crippen LogP contribution in [0.15, 0.2) is 17.0 Å². The second-order valence-electron chi connectivity index (χ2n) is 4.87. The molecule has 0 bridgehead atoms. The lowest BCUT2D eigenvalue weighted by Crippen LogP contribution is -2.30. The fraction of sp³-hybridized carbons (Fsp3) is 0.500. The molecule has 8 nitrogen and oxygen atoms in total. The van der Waals surface area contributed by atoms with Gasteiger partial charge in [0, 0.05) is 26.1 Å². The maximum atomic E-state index is 15.0. The molecule has 22 heavy (non-hydrogen) atoms. The van der Waals surface area contributed by atoms with E-state index in [1.54, 1.807) is 0 Å². The molecular formula is C12H15FN2O6S. The summed E-state index contributed by atoms with van der Waals surface area (Å²) in [5.74, 6) is -0.562. The van der Waals surface area contributed by atoms with E-state index in [2.05, 4.69) is 0 Å². The third-order valence-electron chi connectivity index (χ3n) is 3.56. The number of nitro groups is 1. The lowest BCUT2D eigenvalue weighted by atomic mass is 9.87. The van der Waals surface area contributed by atoms with Gasteiger partial charge in [-0.2, -0.15) is 0 Å². The zero-order valence-corrected chi connectivity index (χ0v) is 12.6. The van der Waals surface area contributed by atoms with Crippen molar-refractivity contribution in [3.63, 3.8) is 0 Å². The molecular weight excluding hydrogens is 319 g/mol. The first kappa shape index (κ1) is 16.6. The molecule has 122 valence electrons. The molecule has 0 aromatic heterocycles. The van der Waals surface area contributed by atoms with Crippen molar-refractivity contribution in [1.29, 1.82) is 0 Å². The quantitative estimate of drug-likeness (QED) is 0.652. The average Bonchev–Trinajstić information content (AvgIpc) is 2.45. The highest BCUT2D eigenvalue weighted by molar-refractivity contribution is 7.89. The average molecular weight is 334 g/mol. The minimum atomic E-state index is -4.25. The van der Waals surface area contributed by atoms with E-state index in [1.165, 1.54) is 0 Å². The minimum Gasteiger partial charge on any atom is -0.489 e. The smallest absolute Gasteiger partial charge is 0.318 e. The number of methoxy groups -OCH3 is 1. The Hall–Kier alpha value is -1.78. The lowest BCUT2D eigenvalue weighted by molar-refractivity contribution is -0.387. The Labute approximate surface area is 126 Å². The minimum absolute atomic E-state index is 0.0638. The zero-order valence-electron chi connectivity index (χ0n) is 11.7. The van der Waals surface area contributed by atoms with Crippen molar-refractivity contribution in [2.45, 2.75) is 23.4 Å². The number of benzene rings is 1. The van der Waals surface area contributed by atoms with Gasteiger partial charge in [-0.15, -0.1) is 0 Å². The van der Waals surface area contributed by atoms with Gasteiger partial charge in [-0.25, -0.2) is 17.9 Å². The van der Waals surface area contributed by atoms with E-state index in [-0.39, 0.29) is 31.6 Å². The Bertz CT molecular complexity index is 700. The van der Waals surface area contributed by atoms with Crippen LogP contribution < -0.4 is 9.88 Å². The molecule has 0 saturated carbocycles. The van der Waals surface area contributed by atoms with Gasteiger partial charge < -0.3 is 9.47 Å². The summed E-state index contributed by atoms with van der Waals surface area (Å²) in [6, 6.07) is 2.10. The Morgan fingerprint density at radius 2 is 2.00 bits per heavy atom. The van der Waals surface area contributed by atoms with Gasteiger partial charge in [0.2, 0.25) is 15.8 Å². The Morgan fingerprint density at radius 1 is 1.41 bits per heavy atom. The van der Waals surface area contributed by atoms with E-state index in [0.717, 1.165) is 19.2 Å². The standard InChI is InChI=1S/C12H15FN2O6S/c1-20-11-9(22(14,18)19)3-2-8(10(11)15(16)17)12(13)4-6-21-7-5-12/h2-3H,4-7H2,1H3,(H2,14,18,19). The Balaban J connectivity index is 2.73. The summed E-state index contributed by atoms with van der Waals surface area (Å²) in [5, 5.41) is 16.4. The molecule has 0 amide bonds. The lowest BCUT2D eigenvalue weighted by Gasteiger charge is -2.30. The number of hydrogen-bond donors (Lipinski definition) is 1. The van der Waals surface area contributed by atoms with Crippen LogP contribution in [0.2, 0.25) is 0 Å². The van der Waals surface area contributed by atoms with Gasteiger partial charge in [0.15, 0.2) is 0 Å². The van der Waals surface area contributed by atoms with Crippen molar-refractivity contribution < 1.29 is 27.2 Å². The molecule has 0 aliphatic carbocycles. The van der Waals surface area contributed by atoms with E-state index in [4.69, 9.17) is 14.6 Å². The molecule has 0 spiro atoms. The van der Waals surface area contributed by atoms with Gasteiger partial charge in [0.05, 0.1) is 17.6 Å². The number of ether oxygens (including phenoxy) is 2. The number of hydrogen-bond acceptors (Lipinski definition) is 6. The van der Waals surface area contributed by atoms with Crippen molar-refractivity contribution in [2.24, 2.45) is 5.14 Å². The van der Waals surface area contributed by atoms with Gasteiger partial charge in [-0.1, -0.05) is 0 Å². The molecule has 1 aromatic carbocycles. The van der Waals surface area contributed by atoms with E-state index < -0.39 is 36.9 Å². The van der Waals surface area contributed by atoms with Gasteiger partial charge >= 0.3 is 5.69 Å².